The van der Waals surface area contributed by atoms with Gasteiger partial charge in [-0.2, -0.15) is 0 Å². The SMILES string of the molecule is O=C(NC1CCN(Cc2ccc(Cl)cc2)CC1)C1COCCN1. The van der Waals surface area contributed by atoms with Crippen LogP contribution in [0.5, 0.6) is 0 Å². The lowest BCUT2D eigenvalue weighted by Crippen LogP contribution is -2.54. The third-order valence-corrected chi connectivity index (χ3v) is 4.74. The van der Waals surface area contributed by atoms with Crippen molar-refractivity contribution in [3.05, 3.63) is 34.9 Å². The maximum absolute atomic E-state index is 12.2. The third-order valence-electron chi connectivity index (χ3n) is 4.49. The largest absolute Gasteiger partial charge is 0.378 e. The van der Waals surface area contributed by atoms with E-state index in [-0.39, 0.29) is 18.0 Å². The molecule has 0 radical (unpaired) electrons. The van der Waals surface area contributed by atoms with Gasteiger partial charge in [0.1, 0.15) is 6.04 Å². The van der Waals surface area contributed by atoms with Crippen molar-refractivity contribution in [2.45, 2.75) is 31.5 Å². The summed E-state index contributed by atoms with van der Waals surface area (Å²) in [5.74, 6) is 0.0702. The van der Waals surface area contributed by atoms with Crippen molar-refractivity contribution in [2.75, 3.05) is 32.8 Å². The Morgan fingerprint density at radius 2 is 2.04 bits per heavy atom. The average Bonchev–Trinajstić information content (AvgIpc) is 2.59. The molecule has 1 amide bonds. The number of carbonyl (C=O) groups is 1. The number of rotatable bonds is 4. The zero-order chi connectivity index (χ0) is 16.1. The van der Waals surface area contributed by atoms with Gasteiger partial charge >= 0.3 is 0 Å². The summed E-state index contributed by atoms with van der Waals surface area (Å²) in [6, 6.07) is 8.09. The Bertz CT molecular complexity index is 509. The molecule has 0 bridgehead atoms. The molecule has 2 aliphatic rings. The lowest BCUT2D eigenvalue weighted by atomic mass is 10.0. The van der Waals surface area contributed by atoms with Crippen molar-refractivity contribution in [1.82, 2.24) is 15.5 Å². The average molecular weight is 338 g/mol. The van der Waals surface area contributed by atoms with Gasteiger partial charge < -0.3 is 15.4 Å². The third kappa shape index (κ3) is 4.91. The predicted octanol–water partition coefficient (Wildman–Crippen LogP) is 1.41. The van der Waals surface area contributed by atoms with Gasteiger partial charge in [-0.3, -0.25) is 9.69 Å². The molecule has 6 heteroatoms. The van der Waals surface area contributed by atoms with Crippen LogP contribution in [-0.4, -0.2) is 55.7 Å². The number of ether oxygens (including phenoxy) is 1. The standard InChI is InChI=1S/C17H24ClN3O2/c18-14-3-1-13(2-4-14)11-21-8-5-15(6-9-21)20-17(22)16-12-23-10-7-19-16/h1-4,15-16,19H,5-12H2,(H,20,22). The number of halogens is 1. The maximum Gasteiger partial charge on any atom is 0.239 e. The Balaban J connectivity index is 1.41. The molecule has 0 saturated carbocycles. The van der Waals surface area contributed by atoms with E-state index in [0.717, 1.165) is 44.0 Å². The molecule has 23 heavy (non-hydrogen) atoms. The first-order valence-corrected chi connectivity index (χ1v) is 8.67. The fourth-order valence-electron chi connectivity index (χ4n) is 3.12. The Morgan fingerprint density at radius 1 is 1.30 bits per heavy atom. The molecule has 2 N–H and O–H groups in total. The van der Waals surface area contributed by atoms with Crippen LogP contribution in [0.1, 0.15) is 18.4 Å². The summed E-state index contributed by atoms with van der Waals surface area (Å²) in [4.78, 5) is 14.6. The minimum Gasteiger partial charge on any atom is -0.378 e. The minimum absolute atomic E-state index is 0.0702. The molecule has 1 aromatic rings. The van der Waals surface area contributed by atoms with Crippen LogP contribution in [0.4, 0.5) is 0 Å². The van der Waals surface area contributed by atoms with Crippen LogP contribution >= 0.6 is 11.6 Å². The van der Waals surface area contributed by atoms with Crippen LogP contribution in [0.15, 0.2) is 24.3 Å². The minimum atomic E-state index is -0.198. The second kappa shape index (κ2) is 8.11. The maximum atomic E-state index is 12.2. The summed E-state index contributed by atoms with van der Waals surface area (Å²) < 4.78 is 5.34. The number of hydrogen-bond donors (Lipinski definition) is 2. The molecule has 0 aliphatic carbocycles. The Labute approximate surface area is 142 Å². The van der Waals surface area contributed by atoms with Gasteiger partial charge in [-0.25, -0.2) is 0 Å². The van der Waals surface area contributed by atoms with Gasteiger partial charge in [-0.05, 0) is 30.5 Å². The highest BCUT2D eigenvalue weighted by Crippen LogP contribution is 2.16. The molecular formula is C17H24ClN3O2. The van der Waals surface area contributed by atoms with E-state index in [2.05, 4.69) is 27.7 Å². The number of nitrogens with one attached hydrogen (secondary N) is 2. The van der Waals surface area contributed by atoms with Gasteiger partial charge in [-0.15, -0.1) is 0 Å². The second-order valence-corrected chi connectivity index (χ2v) is 6.70. The zero-order valence-corrected chi connectivity index (χ0v) is 14.0. The van der Waals surface area contributed by atoms with Crippen molar-refractivity contribution in [3.8, 4) is 0 Å². The van der Waals surface area contributed by atoms with E-state index in [4.69, 9.17) is 16.3 Å². The number of benzene rings is 1. The van der Waals surface area contributed by atoms with Gasteiger partial charge in [-0.1, -0.05) is 23.7 Å². The first-order chi connectivity index (χ1) is 11.2. The summed E-state index contributed by atoms with van der Waals surface area (Å²) in [5.41, 5.74) is 1.28. The number of likely N-dealkylation sites (tertiary alicyclic amines) is 1. The van der Waals surface area contributed by atoms with Crippen molar-refractivity contribution in [2.24, 2.45) is 0 Å². The summed E-state index contributed by atoms with van der Waals surface area (Å²) in [5, 5.41) is 7.12. The highest BCUT2D eigenvalue weighted by Gasteiger charge is 2.25. The van der Waals surface area contributed by atoms with Gasteiger partial charge in [0.2, 0.25) is 5.91 Å². The predicted molar refractivity (Wildman–Crippen MR) is 90.5 cm³/mol. The van der Waals surface area contributed by atoms with E-state index in [9.17, 15) is 4.79 Å². The Kier molecular flexibility index (Phi) is 5.89. The molecule has 126 valence electrons. The van der Waals surface area contributed by atoms with Gasteiger partial charge in [0.05, 0.1) is 13.2 Å². The molecule has 5 nitrogen and oxygen atoms in total. The molecule has 1 atom stereocenters. The van der Waals surface area contributed by atoms with E-state index in [1.54, 1.807) is 0 Å². The van der Waals surface area contributed by atoms with E-state index in [1.165, 1.54) is 5.56 Å². The molecule has 2 aliphatic heterocycles. The quantitative estimate of drug-likeness (QED) is 0.872. The van der Waals surface area contributed by atoms with E-state index in [0.29, 0.717) is 13.2 Å². The van der Waals surface area contributed by atoms with Gasteiger partial charge in [0.25, 0.3) is 0 Å². The normalized spacial score (nSPS) is 23.6. The Hall–Kier alpha value is -1.14. The van der Waals surface area contributed by atoms with Gasteiger partial charge in [0.15, 0.2) is 0 Å². The summed E-state index contributed by atoms with van der Waals surface area (Å²) >= 11 is 5.92. The van der Waals surface area contributed by atoms with Crippen LogP contribution in [0.2, 0.25) is 5.02 Å². The van der Waals surface area contributed by atoms with E-state index < -0.39 is 0 Å². The first-order valence-electron chi connectivity index (χ1n) is 8.29. The number of amides is 1. The molecule has 1 unspecified atom stereocenters. The molecule has 2 fully saturated rings. The van der Waals surface area contributed by atoms with Crippen molar-refractivity contribution >= 4 is 17.5 Å². The lowest BCUT2D eigenvalue weighted by Gasteiger charge is -2.33. The smallest absolute Gasteiger partial charge is 0.239 e. The molecule has 2 heterocycles. The molecule has 2 saturated heterocycles. The van der Waals surface area contributed by atoms with E-state index in [1.807, 2.05) is 12.1 Å². The zero-order valence-electron chi connectivity index (χ0n) is 13.3. The summed E-state index contributed by atoms with van der Waals surface area (Å²) in [6.07, 6.45) is 1.99. The summed E-state index contributed by atoms with van der Waals surface area (Å²) in [6.45, 7) is 4.85. The van der Waals surface area contributed by atoms with Crippen LogP contribution in [0.3, 0.4) is 0 Å². The number of morpholine rings is 1. The van der Waals surface area contributed by atoms with Gasteiger partial charge in [0, 0.05) is 37.2 Å². The van der Waals surface area contributed by atoms with Crippen molar-refractivity contribution in [3.63, 3.8) is 0 Å². The van der Waals surface area contributed by atoms with Crippen LogP contribution in [0, 0.1) is 0 Å². The highest BCUT2D eigenvalue weighted by molar-refractivity contribution is 6.30. The second-order valence-electron chi connectivity index (χ2n) is 6.27. The summed E-state index contributed by atoms with van der Waals surface area (Å²) in [7, 11) is 0. The molecule has 0 spiro atoms. The number of carbonyl (C=O) groups excluding carboxylic acids is 1. The Morgan fingerprint density at radius 3 is 2.70 bits per heavy atom. The van der Waals surface area contributed by atoms with Crippen LogP contribution < -0.4 is 10.6 Å². The fraction of sp³-hybridized carbons (Fsp3) is 0.588. The highest BCUT2D eigenvalue weighted by atomic mass is 35.5. The van der Waals surface area contributed by atoms with Crippen LogP contribution in [-0.2, 0) is 16.1 Å². The van der Waals surface area contributed by atoms with Crippen molar-refractivity contribution in [1.29, 1.82) is 0 Å². The molecule has 0 aromatic heterocycles. The fourth-order valence-corrected chi connectivity index (χ4v) is 3.25. The number of piperidine rings is 1. The molecule has 1 aromatic carbocycles. The lowest BCUT2D eigenvalue weighted by molar-refractivity contribution is -0.126. The topological polar surface area (TPSA) is 53.6 Å². The van der Waals surface area contributed by atoms with Crippen LogP contribution in [0.25, 0.3) is 0 Å². The number of nitrogens with zero attached hydrogens (tertiary/aromatic N) is 1. The van der Waals surface area contributed by atoms with E-state index >= 15 is 0 Å². The number of hydrogen-bond acceptors (Lipinski definition) is 4. The molecule has 3 rings (SSSR count). The first kappa shape index (κ1) is 16.7. The monoisotopic (exact) mass is 337 g/mol. The van der Waals surface area contributed by atoms with Crippen molar-refractivity contribution < 1.29 is 9.53 Å². The molecular weight excluding hydrogens is 314 g/mol.